The summed E-state index contributed by atoms with van der Waals surface area (Å²) in [6, 6.07) is 6.97. The van der Waals surface area contributed by atoms with Crippen LogP contribution in [0.25, 0.3) is 0 Å². The quantitative estimate of drug-likeness (QED) is 0.540. The SMILES string of the molecule is O=C(O)N1C(=O)/C(=C\O)C2Cc3ccccc3C21. The predicted molar refractivity (Wildman–Crippen MR) is 62.0 cm³/mol. The van der Waals surface area contributed by atoms with Gasteiger partial charge in [0.15, 0.2) is 0 Å². The predicted octanol–water partition coefficient (Wildman–Crippen LogP) is 1.86. The molecule has 2 amide bonds. The summed E-state index contributed by atoms with van der Waals surface area (Å²) < 4.78 is 0. The summed E-state index contributed by atoms with van der Waals surface area (Å²) in [5, 5.41) is 18.3. The highest BCUT2D eigenvalue weighted by Gasteiger charge is 2.51. The van der Waals surface area contributed by atoms with E-state index in [1.165, 1.54) is 0 Å². The number of aliphatic hydroxyl groups is 1. The highest BCUT2D eigenvalue weighted by molar-refractivity contribution is 6.05. The fourth-order valence-corrected chi connectivity index (χ4v) is 2.95. The molecular weight excluding hydrogens is 234 g/mol. The molecule has 1 aromatic carbocycles. The molecule has 2 aliphatic rings. The number of carboxylic acid groups (broad SMARTS) is 1. The molecule has 1 aliphatic carbocycles. The molecule has 2 N–H and O–H groups in total. The first-order valence-electron chi connectivity index (χ1n) is 5.63. The van der Waals surface area contributed by atoms with Gasteiger partial charge in [0.25, 0.3) is 5.91 Å². The number of imide groups is 1. The minimum absolute atomic E-state index is 0.179. The average Bonchev–Trinajstić information content (AvgIpc) is 2.82. The zero-order chi connectivity index (χ0) is 12.9. The average molecular weight is 245 g/mol. The van der Waals surface area contributed by atoms with Gasteiger partial charge in [-0.2, -0.15) is 0 Å². The maximum atomic E-state index is 11.9. The van der Waals surface area contributed by atoms with Crippen molar-refractivity contribution in [3.8, 4) is 0 Å². The van der Waals surface area contributed by atoms with Gasteiger partial charge in [0.05, 0.1) is 17.9 Å². The number of benzene rings is 1. The van der Waals surface area contributed by atoms with E-state index in [4.69, 9.17) is 10.2 Å². The zero-order valence-electron chi connectivity index (χ0n) is 9.41. The Hall–Kier alpha value is -2.30. The van der Waals surface area contributed by atoms with Gasteiger partial charge in [0, 0.05) is 5.92 Å². The summed E-state index contributed by atoms with van der Waals surface area (Å²) in [7, 11) is 0. The van der Waals surface area contributed by atoms with Gasteiger partial charge in [-0.15, -0.1) is 0 Å². The van der Waals surface area contributed by atoms with Crippen LogP contribution in [0.3, 0.4) is 0 Å². The van der Waals surface area contributed by atoms with Crippen LogP contribution in [0.5, 0.6) is 0 Å². The number of likely N-dealkylation sites (tertiary alicyclic amines) is 1. The number of rotatable bonds is 0. The van der Waals surface area contributed by atoms with E-state index in [-0.39, 0.29) is 11.5 Å². The fraction of sp³-hybridized carbons (Fsp3) is 0.231. The van der Waals surface area contributed by atoms with Crippen molar-refractivity contribution in [1.82, 2.24) is 4.90 Å². The monoisotopic (exact) mass is 245 g/mol. The summed E-state index contributed by atoms with van der Waals surface area (Å²) in [4.78, 5) is 24.0. The van der Waals surface area contributed by atoms with Crippen molar-refractivity contribution in [2.45, 2.75) is 12.5 Å². The number of hydrogen-bond acceptors (Lipinski definition) is 3. The maximum Gasteiger partial charge on any atom is 0.414 e. The van der Waals surface area contributed by atoms with Crippen LogP contribution in [-0.2, 0) is 11.2 Å². The molecule has 92 valence electrons. The molecule has 0 saturated carbocycles. The van der Waals surface area contributed by atoms with Crippen LogP contribution in [0, 0.1) is 5.92 Å². The molecule has 3 rings (SSSR count). The van der Waals surface area contributed by atoms with Crippen LogP contribution < -0.4 is 0 Å². The third-order valence-electron chi connectivity index (χ3n) is 3.68. The highest BCUT2D eigenvalue weighted by atomic mass is 16.4. The van der Waals surface area contributed by atoms with Crippen LogP contribution in [-0.4, -0.2) is 27.1 Å². The molecule has 1 aliphatic heterocycles. The van der Waals surface area contributed by atoms with Crippen molar-refractivity contribution >= 4 is 12.0 Å². The van der Waals surface area contributed by atoms with E-state index in [1.54, 1.807) is 0 Å². The van der Waals surface area contributed by atoms with Gasteiger partial charge in [-0.3, -0.25) is 4.79 Å². The normalized spacial score (nSPS) is 27.4. The Morgan fingerprint density at radius 3 is 2.78 bits per heavy atom. The first-order valence-corrected chi connectivity index (χ1v) is 5.63. The Labute approximate surface area is 103 Å². The minimum Gasteiger partial charge on any atom is -0.515 e. The lowest BCUT2D eigenvalue weighted by atomic mass is 9.97. The highest BCUT2D eigenvalue weighted by Crippen LogP contribution is 2.49. The number of fused-ring (bicyclic) bond motifs is 3. The molecule has 1 aromatic rings. The first-order chi connectivity index (χ1) is 8.65. The number of nitrogens with zero attached hydrogens (tertiary/aromatic N) is 1. The lowest BCUT2D eigenvalue weighted by Crippen LogP contribution is -2.33. The number of aliphatic hydroxyl groups excluding tert-OH is 1. The van der Waals surface area contributed by atoms with Crippen LogP contribution in [0.15, 0.2) is 36.1 Å². The lowest BCUT2D eigenvalue weighted by Gasteiger charge is -2.19. The van der Waals surface area contributed by atoms with Crippen molar-refractivity contribution in [3.05, 3.63) is 47.2 Å². The maximum absolute atomic E-state index is 11.9. The van der Waals surface area contributed by atoms with Gasteiger partial charge in [-0.1, -0.05) is 24.3 Å². The van der Waals surface area contributed by atoms with E-state index in [9.17, 15) is 9.59 Å². The Balaban J connectivity index is 2.16. The number of carbonyl (C=O) groups is 2. The lowest BCUT2D eigenvalue weighted by molar-refractivity contribution is -0.124. The standard InChI is InChI=1S/C13H11NO4/c15-6-10-9-5-7-3-1-2-4-8(7)11(9)14(12(10)16)13(17)18/h1-4,6,9,11,15H,5H2,(H,17,18)/b10-6-. The third kappa shape index (κ3) is 1.21. The van der Waals surface area contributed by atoms with Crippen molar-refractivity contribution in [1.29, 1.82) is 0 Å². The summed E-state index contributed by atoms with van der Waals surface area (Å²) >= 11 is 0. The second kappa shape index (κ2) is 3.60. The summed E-state index contributed by atoms with van der Waals surface area (Å²) in [6.45, 7) is 0. The fourth-order valence-electron chi connectivity index (χ4n) is 2.95. The molecule has 1 saturated heterocycles. The number of hydrogen-bond donors (Lipinski definition) is 2. The van der Waals surface area contributed by atoms with Crippen molar-refractivity contribution in [3.63, 3.8) is 0 Å². The van der Waals surface area contributed by atoms with Crippen molar-refractivity contribution < 1.29 is 19.8 Å². The minimum atomic E-state index is -1.27. The Morgan fingerprint density at radius 1 is 1.39 bits per heavy atom. The molecule has 0 aromatic heterocycles. The third-order valence-corrected chi connectivity index (χ3v) is 3.68. The molecule has 1 fully saturated rings. The largest absolute Gasteiger partial charge is 0.515 e. The van der Waals surface area contributed by atoms with Gasteiger partial charge < -0.3 is 10.2 Å². The Bertz CT molecular complexity index is 578. The second-order valence-electron chi connectivity index (χ2n) is 4.50. The number of amides is 2. The van der Waals surface area contributed by atoms with E-state index < -0.39 is 18.0 Å². The molecular formula is C13H11NO4. The van der Waals surface area contributed by atoms with E-state index in [0.29, 0.717) is 6.42 Å². The summed E-state index contributed by atoms with van der Waals surface area (Å²) in [5.74, 6) is -0.884. The van der Waals surface area contributed by atoms with Crippen LogP contribution in [0.1, 0.15) is 17.2 Å². The van der Waals surface area contributed by atoms with Crippen LogP contribution >= 0.6 is 0 Å². The molecule has 2 unspecified atom stereocenters. The van der Waals surface area contributed by atoms with E-state index >= 15 is 0 Å². The Kier molecular flexibility index (Phi) is 2.16. The van der Waals surface area contributed by atoms with Gasteiger partial charge >= 0.3 is 6.09 Å². The molecule has 0 spiro atoms. The second-order valence-corrected chi connectivity index (χ2v) is 4.50. The smallest absolute Gasteiger partial charge is 0.414 e. The molecule has 1 heterocycles. The molecule has 5 heteroatoms. The first kappa shape index (κ1) is 10.8. The van der Waals surface area contributed by atoms with Gasteiger partial charge in [-0.25, -0.2) is 9.69 Å². The molecule has 0 radical (unpaired) electrons. The molecule has 18 heavy (non-hydrogen) atoms. The van der Waals surface area contributed by atoms with Gasteiger partial charge in [0.1, 0.15) is 0 Å². The molecule has 2 atom stereocenters. The Morgan fingerprint density at radius 2 is 2.11 bits per heavy atom. The summed E-state index contributed by atoms with van der Waals surface area (Å²) in [5.41, 5.74) is 2.07. The van der Waals surface area contributed by atoms with Crippen molar-refractivity contribution in [2.75, 3.05) is 0 Å². The number of carbonyl (C=O) groups excluding carboxylic acids is 1. The van der Waals surface area contributed by atoms with Crippen molar-refractivity contribution in [2.24, 2.45) is 5.92 Å². The molecule has 0 bridgehead atoms. The topological polar surface area (TPSA) is 77.8 Å². The van der Waals surface area contributed by atoms with E-state index in [2.05, 4.69) is 0 Å². The van der Waals surface area contributed by atoms with Crippen LogP contribution in [0.2, 0.25) is 0 Å². The van der Waals surface area contributed by atoms with Gasteiger partial charge in [-0.05, 0) is 17.5 Å². The van der Waals surface area contributed by atoms with Crippen LogP contribution in [0.4, 0.5) is 4.79 Å². The zero-order valence-corrected chi connectivity index (χ0v) is 9.41. The summed E-state index contributed by atoms with van der Waals surface area (Å²) in [6.07, 6.45) is 0.0564. The van der Waals surface area contributed by atoms with Gasteiger partial charge in [0.2, 0.25) is 0 Å². The van der Waals surface area contributed by atoms with E-state index in [0.717, 1.165) is 22.3 Å². The molecule has 5 nitrogen and oxygen atoms in total. The van der Waals surface area contributed by atoms with E-state index in [1.807, 2.05) is 24.3 Å².